The Morgan fingerprint density at radius 1 is 0.970 bits per heavy atom. The van der Waals surface area contributed by atoms with Gasteiger partial charge in [-0.25, -0.2) is 4.79 Å². The van der Waals surface area contributed by atoms with E-state index in [1.165, 1.54) is 33.5 Å². The van der Waals surface area contributed by atoms with Gasteiger partial charge in [-0.05, 0) is 24.3 Å². The molecule has 7 nitrogen and oxygen atoms in total. The van der Waals surface area contributed by atoms with Crippen LogP contribution in [0, 0.1) is 0 Å². The van der Waals surface area contributed by atoms with Crippen molar-refractivity contribution in [2.45, 2.75) is 18.5 Å². The fourth-order valence-electron chi connectivity index (χ4n) is 4.17. The van der Waals surface area contributed by atoms with Crippen LogP contribution in [0.3, 0.4) is 0 Å². The summed E-state index contributed by atoms with van der Waals surface area (Å²) in [6.07, 6.45) is -4.76. The van der Waals surface area contributed by atoms with Gasteiger partial charge in [-0.15, -0.1) is 0 Å². The van der Waals surface area contributed by atoms with Crippen molar-refractivity contribution in [2.24, 2.45) is 0 Å². The zero-order chi connectivity index (χ0) is 23.9. The number of amides is 1. The van der Waals surface area contributed by atoms with Crippen molar-refractivity contribution in [2.75, 3.05) is 32.8 Å². The Balaban J connectivity index is 1.86. The molecule has 0 N–H and O–H groups in total. The van der Waals surface area contributed by atoms with Crippen LogP contribution in [-0.2, 0) is 20.5 Å². The van der Waals surface area contributed by atoms with Gasteiger partial charge in [0.1, 0.15) is 12.4 Å². The number of rotatable bonds is 5. The van der Waals surface area contributed by atoms with Crippen molar-refractivity contribution in [1.29, 1.82) is 0 Å². The predicted molar refractivity (Wildman–Crippen MR) is 110 cm³/mol. The zero-order valence-corrected chi connectivity index (χ0v) is 18.0. The number of nitrogens with zero attached hydrogens (tertiary/aromatic N) is 1. The summed E-state index contributed by atoms with van der Waals surface area (Å²) in [5.41, 5.74) is 0.00992. The number of ether oxygens (including phenoxy) is 4. The van der Waals surface area contributed by atoms with Crippen LogP contribution in [0.1, 0.15) is 23.5 Å². The topological polar surface area (TPSA) is 74.3 Å². The number of alkyl halides is 3. The van der Waals surface area contributed by atoms with Gasteiger partial charge in [0.15, 0.2) is 11.5 Å². The molecule has 0 unspecified atom stereocenters. The van der Waals surface area contributed by atoms with Crippen LogP contribution in [0.25, 0.3) is 0 Å². The fourth-order valence-corrected chi connectivity index (χ4v) is 4.17. The zero-order valence-electron chi connectivity index (χ0n) is 18.0. The standard InChI is InChI=1S/C23H20F3NO6/c1-30-17-10-19(32-3)18(31-2)8-14(17)15-9-20(28)27(16-11-33-22(29)21(15)16)13-6-4-5-12(7-13)23(24,25)26/h4-8,10,15H,9,11H2,1-3H3/t15-/m1/s1. The molecule has 0 fully saturated rings. The van der Waals surface area contributed by atoms with E-state index in [2.05, 4.69) is 0 Å². The van der Waals surface area contributed by atoms with Crippen LogP contribution in [0.2, 0.25) is 0 Å². The number of cyclic esters (lactones) is 1. The van der Waals surface area contributed by atoms with Gasteiger partial charge in [-0.2, -0.15) is 13.2 Å². The summed E-state index contributed by atoms with van der Waals surface area (Å²) >= 11 is 0. The number of esters is 1. The summed E-state index contributed by atoms with van der Waals surface area (Å²) in [5.74, 6) is -0.725. The number of carbonyl (C=O) groups is 2. The van der Waals surface area contributed by atoms with E-state index < -0.39 is 29.5 Å². The first-order valence-electron chi connectivity index (χ1n) is 9.89. The SMILES string of the molecule is COc1cc(OC)c([C@H]2CC(=O)N(c3cccc(C(F)(F)F)c3)C3=C2C(=O)OC3)cc1OC. The van der Waals surface area contributed by atoms with E-state index in [0.29, 0.717) is 22.8 Å². The lowest BCUT2D eigenvalue weighted by Crippen LogP contribution is -2.37. The maximum absolute atomic E-state index is 13.2. The Morgan fingerprint density at radius 3 is 2.27 bits per heavy atom. The largest absolute Gasteiger partial charge is 0.496 e. The molecular weight excluding hydrogens is 443 g/mol. The maximum Gasteiger partial charge on any atom is 0.416 e. The van der Waals surface area contributed by atoms with Crippen LogP contribution in [0.4, 0.5) is 18.9 Å². The molecule has 0 saturated carbocycles. The molecule has 10 heteroatoms. The van der Waals surface area contributed by atoms with Crippen molar-refractivity contribution in [3.8, 4) is 17.2 Å². The Labute approximate surface area is 187 Å². The van der Waals surface area contributed by atoms with Gasteiger partial charge < -0.3 is 18.9 Å². The second kappa shape index (κ2) is 8.34. The molecule has 1 atom stereocenters. The Bertz CT molecular complexity index is 1160. The van der Waals surface area contributed by atoms with Gasteiger partial charge in [-0.1, -0.05) is 6.07 Å². The average Bonchev–Trinajstić information content (AvgIpc) is 3.18. The van der Waals surface area contributed by atoms with Gasteiger partial charge in [-0.3, -0.25) is 9.69 Å². The summed E-state index contributed by atoms with van der Waals surface area (Å²) in [6.45, 7) is -0.234. The molecule has 174 valence electrons. The molecule has 0 saturated heterocycles. The third-order valence-corrected chi connectivity index (χ3v) is 5.66. The van der Waals surface area contributed by atoms with E-state index in [1.807, 2.05) is 0 Å². The lowest BCUT2D eigenvalue weighted by molar-refractivity contribution is -0.138. The molecule has 2 aromatic carbocycles. The Morgan fingerprint density at radius 2 is 1.64 bits per heavy atom. The molecule has 2 aliphatic rings. The molecular formula is C23H20F3NO6. The van der Waals surface area contributed by atoms with E-state index in [-0.39, 0.29) is 30.0 Å². The predicted octanol–water partition coefficient (Wildman–Crippen LogP) is 4.06. The first-order valence-corrected chi connectivity index (χ1v) is 9.89. The number of methoxy groups -OCH3 is 3. The highest BCUT2D eigenvalue weighted by Crippen LogP contribution is 2.47. The van der Waals surface area contributed by atoms with E-state index >= 15 is 0 Å². The van der Waals surface area contributed by atoms with Crippen LogP contribution in [0.15, 0.2) is 47.7 Å². The molecule has 1 amide bonds. The highest BCUT2D eigenvalue weighted by Gasteiger charge is 2.44. The summed E-state index contributed by atoms with van der Waals surface area (Å²) in [4.78, 5) is 27.0. The van der Waals surface area contributed by atoms with Crippen molar-refractivity contribution < 1.29 is 41.7 Å². The van der Waals surface area contributed by atoms with Crippen molar-refractivity contribution in [3.05, 3.63) is 58.8 Å². The third kappa shape index (κ3) is 3.85. The number of anilines is 1. The van der Waals surface area contributed by atoms with E-state index in [0.717, 1.165) is 17.0 Å². The van der Waals surface area contributed by atoms with Gasteiger partial charge in [0.05, 0.1) is 38.2 Å². The second-order valence-electron chi connectivity index (χ2n) is 7.42. The molecule has 0 spiro atoms. The highest BCUT2D eigenvalue weighted by molar-refractivity contribution is 6.06. The van der Waals surface area contributed by atoms with Crippen LogP contribution in [-0.4, -0.2) is 39.8 Å². The van der Waals surface area contributed by atoms with Crippen LogP contribution < -0.4 is 19.1 Å². The van der Waals surface area contributed by atoms with Crippen LogP contribution >= 0.6 is 0 Å². The lowest BCUT2D eigenvalue weighted by atomic mass is 9.83. The molecule has 0 aliphatic carbocycles. The number of carbonyl (C=O) groups excluding carboxylic acids is 2. The molecule has 0 radical (unpaired) electrons. The smallest absolute Gasteiger partial charge is 0.416 e. The van der Waals surface area contributed by atoms with E-state index in [4.69, 9.17) is 18.9 Å². The monoisotopic (exact) mass is 463 g/mol. The van der Waals surface area contributed by atoms with Gasteiger partial charge in [0.25, 0.3) is 0 Å². The van der Waals surface area contributed by atoms with Gasteiger partial charge in [0.2, 0.25) is 5.91 Å². The Kier molecular flexibility index (Phi) is 5.69. The minimum absolute atomic E-state index is 0.0124. The molecule has 2 aliphatic heterocycles. The molecule has 0 aromatic heterocycles. The molecule has 0 bridgehead atoms. The molecule has 33 heavy (non-hydrogen) atoms. The second-order valence-corrected chi connectivity index (χ2v) is 7.42. The van der Waals surface area contributed by atoms with Crippen molar-refractivity contribution in [1.82, 2.24) is 0 Å². The third-order valence-electron chi connectivity index (χ3n) is 5.66. The molecule has 2 heterocycles. The number of benzene rings is 2. The number of halogens is 3. The van der Waals surface area contributed by atoms with Crippen LogP contribution in [0.5, 0.6) is 17.2 Å². The summed E-state index contributed by atoms with van der Waals surface area (Å²) in [5, 5.41) is 0. The average molecular weight is 463 g/mol. The highest BCUT2D eigenvalue weighted by atomic mass is 19.4. The van der Waals surface area contributed by atoms with Gasteiger partial charge in [0, 0.05) is 29.7 Å². The Hall–Kier alpha value is -3.69. The normalized spacial score (nSPS) is 18.2. The van der Waals surface area contributed by atoms with E-state index in [1.54, 1.807) is 12.1 Å². The minimum atomic E-state index is -4.58. The van der Waals surface area contributed by atoms with Crippen molar-refractivity contribution in [3.63, 3.8) is 0 Å². The summed E-state index contributed by atoms with van der Waals surface area (Å²) in [6, 6.07) is 7.60. The number of hydrogen-bond acceptors (Lipinski definition) is 6. The van der Waals surface area contributed by atoms with Crippen molar-refractivity contribution >= 4 is 17.6 Å². The first-order chi connectivity index (χ1) is 15.7. The fraction of sp³-hybridized carbons (Fsp3) is 0.304. The quantitative estimate of drug-likeness (QED) is 0.623. The van der Waals surface area contributed by atoms with Gasteiger partial charge >= 0.3 is 12.1 Å². The molecule has 4 rings (SSSR count). The van der Waals surface area contributed by atoms with E-state index in [9.17, 15) is 22.8 Å². The summed E-state index contributed by atoms with van der Waals surface area (Å²) in [7, 11) is 4.35. The minimum Gasteiger partial charge on any atom is -0.496 e. The lowest BCUT2D eigenvalue weighted by Gasteiger charge is -2.32. The summed E-state index contributed by atoms with van der Waals surface area (Å²) < 4.78 is 61.0. The number of hydrogen-bond donors (Lipinski definition) is 0. The molecule has 2 aromatic rings. The maximum atomic E-state index is 13.2. The first kappa shape index (κ1) is 22.5.